The van der Waals surface area contributed by atoms with E-state index < -0.39 is 0 Å². The summed E-state index contributed by atoms with van der Waals surface area (Å²) in [6, 6.07) is 8.11. The molecule has 0 aliphatic heterocycles. The summed E-state index contributed by atoms with van der Waals surface area (Å²) < 4.78 is 0. The SMILES string of the molecule is C#CCNc1c[nH]c2ccccc12. The van der Waals surface area contributed by atoms with E-state index in [1.165, 1.54) is 5.39 Å². The average molecular weight is 170 g/mol. The topological polar surface area (TPSA) is 27.8 Å². The zero-order valence-electron chi connectivity index (χ0n) is 7.17. The van der Waals surface area contributed by atoms with Gasteiger partial charge in [-0.25, -0.2) is 0 Å². The predicted octanol–water partition coefficient (Wildman–Crippen LogP) is 2.21. The van der Waals surface area contributed by atoms with Crippen molar-refractivity contribution in [2.24, 2.45) is 0 Å². The van der Waals surface area contributed by atoms with Gasteiger partial charge < -0.3 is 10.3 Å². The number of aromatic nitrogens is 1. The summed E-state index contributed by atoms with van der Waals surface area (Å²) in [4.78, 5) is 3.17. The highest BCUT2D eigenvalue weighted by molar-refractivity contribution is 5.92. The van der Waals surface area contributed by atoms with E-state index >= 15 is 0 Å². The predicted molar refractivity (Wildman–Crippen MR) is 55.6 cm³/mol. The molecular weight excluding hydrogens is 160 g/mol. The Hall–Kier alpha value is -1.88. The molecule has 64 valence electrons. The number of nitrogens with one attached hydrogen (secondary N) is 2. The van der Waals surface area contributed by atoms with Gasteiger partial charge in [0.15, 0.2) is 0 Å². The largest absolute Gasteiger partial charge is 0.372 e. The van der Waals surface area contributed by atoms with Crippen molar-refractivity contribution in [3.05, 3.63) is 30.5 Å². The number of benzene rings is 1. The van der Waals surface area contributed by atoms with E-state index in [1.807, 2.05) is 24.4 Å². The molecule has 2 rings (SSSR count). The monoisotopic (exact) mass is 170 g/mol. The van der Waals surface area contributed by atoms with Crippen molar-refractivity contribution in [3.63, 3.8) is 0 Å². The van der Waals surface area contributed by atoms with Gasteiger partial charge in [0.25, 0.3) is 0 Å². The van der Waals surface area contributed by atoms with Crippen LogP contribution in [0.25, 0.3) is 10.9 Å². The normalized spacial score (nSPS) is 9.77. The van der Waals surface area contributed by atoms with Crippen LogP contribution < -0.4 is 5.32 Å². The van der Waals surface area contributed by atoms with Crippen LogP contribution in [0, 0.1) is 12.3 Å². The quantitative estimate of drug-likeness (QED) is 0.664. The van der Waals surface area contributed by atoms with Crippen molar-refractivity contribution in [1.29, 1.82) is 0 Å². The second-order valence-electron chi connectivity index (χ2n) is 2.81. The zero-order valence-corrected chi connectivity index (χ0v) is 7.17. The lowest BCUT2D eigenvalue weighted by Crippen LogP contribution is -1.96. The van der Waals surface area contributed by atoms with Crippen LogP contribution in [0.3, 0.4) is 0 Å². The third-order valence-electron chi connectivity index (χ3n) is 1.97. The number of aromatic amines is 1. The molecule has 0 radical (unpaired) electrons. The third kappa shape index (κ3) is 1.36. The molecule has 2 N–H and O–H groups in total. The van der Waals surface area contributed by atoms with Crippen molar-refractivity contribution < 1.29 is 0 Å². The fraction of sp³-hybridized carbons (Fsp3) is 0.0909. The van der Waals surface area contributed by atoms with Crippen LogP contribution in [0.15, 0.2) is 30.5 Å². The summed E-state index contributed by atoms with van der Waals surface area (Å²) in [5.41, 5.74) is 2.19. The summed E-state index contributed by atoms with van der Waals surface area (Å²) in [5.74, 6) is 2.55. The van der Waals surface area contributed by atoms with E-state index in [9.17, 15) is 0 Å². The minimum absolute atomic E-state index is 0.557. The number of fused-ring (bicyclic) bond motifs is 1. The Kier molecular flexibility index (Phi) is 1.93. The Morgan fingerprint density at radius 3 is 3.08 bits per heavy atom. The standard InChI is InChI=1S/C11H10N2/c1-2-7-12-11-8-13-10-6-4-3-5-9(10)11/h1,3-6,8,12-13H,7H2. The number of anilines is 1. The molecule has 0 spiro atoms. The molecule has 0 aliphatic rings. The van der Waals surface area contributed by atoms with Crippen LogP contribution >= 0.6 is 0 Å². The Labute approximate surface area is 77.0 Å². The maximum absolute atomic E-state index is 5.17. The van der Waals surface area contributed by atoms with Crippen LogP contribution in [-0.4, -0.2) is 11.5 Å². The first kappa shape index (κ1) is 7.75. The minimum Gasteiger partial charge on any atom is -0.372 e. The maximum Gasteiger partial charge on any atom is 0.0764 e. The molecular formula is C11H10N2. The van der Waals surface area contributed by atoms with Crippen molar-refractivity contribution in [3.8, 4) is 12.3 Å². The second-order valence-corrected chi connectivity index (χ2v) is 2.81. The van der Waals surface area contributed by atoms with E-state index in [-0.39, 0.29) is 0 Å². The second kappa shape index (κ2) is 3.24. The summed E-state index contributed by atoms with van der Waals surface area (Å²) >= 11 is 0. The van der Waals surface area contributed by atoms with E-state index in [1.54, 1.807) is 0 Å². The molecule has 1 heterocycles. The highest BCUT2D eigenvalue weighted by atomic mass is 14.9. The van der Waals surface area contributed by atoms with Gasteiger partial charge in [0.2, 0.25) is 0 Å². The van der Waals surface area contributed by atoms with Crippen LogP contribution in [0.4, 0.5) is 5.69 Å². The van der Waals surface area contributed by atoms with Crippen LogP contribution in [-0.2, 0) is 0 Å². The lowest BCUT2D eigenvalue weighted by atomic mass is 10.2. The van der Waals surface area contributed by atoms with Crippen molar-refractivity contribution in [1.82, 2.24) is 4.98 Å². The molecule has 0 saturated heterocycles. The molecule has 0 unspecified atom stereocenters. The van der Waals surface area contributed by atoms with E-state index in [2.05, 4.69) is 22.3 Å². The molecule has 13 heavy (non-hydrogen) atoms. The molecule has 0 bridgehead atoms. The van der Waals surface area contributed by atoms with Gasteiger partial charge in [-0.1, -0.05) is 24.1 Å². The van der Waals surface area contributed by atoms with Crippen LogP contribution in [0.5, 0.6) is 0 Å². The molecule has 0 aliphatic carbocycles. The smallest absolute Gasteiger partial charge is 0.0764 e. The third-order valence-corrected chi connectivity index (χ3v) is 1.97. The molecule has 0 amide bonds. The minimum atomic E-state index is 0.557. The molecule has 2 heteroatoms. The first-order chi connectivity index (χ1) is 6.42. The van der Waals surface area contributed by atoms with Crippen LogP contribution in [0.2, 0.25) is 0 Å². The van der Waals surface area contributed by atoms with E-state index in [0.29, 0.717) is 6.54 Å². The summed E-state index contributed by atoms with van der Waals surface area (Å²) in [6.45, 7) is 0.557. The van der Waals surface area contributed by atoms with Gasteiger partial charge in [0.05, 0.1) is 12.2 Å². The number of hydrogen-bond acceptors (Lipinski definition) is 1. The van der Waals surface area contributed by atoms with Gasteiger partial charge in [-0.2, -0.15) is 0 Å². The number of terminal acetylenes is 1. The first-order valence-electron chi connectivity index (χ1n) is 4.15. The Morgan fingerprint density at radius 1 is 1.38 bits per heavy atom. The summed E-state index contributed by atoms with van der Waals surface area (Å²) in [5, 5.41) is 4.33. The maximum atomic E-state index is 5.17. The zero-order chi connectivity index (χ0) is 9.10. The first-order valence-corrected chi connectivity index (χ1v) is 4.15. The van der Waals surface area contributed by atoms with Gasteiger partial charge in [0, 0.05) is 17.1 Å². The fourth-order valence-electron chi connectivity index (χ4n) is 1.36. The number of para-hydroxylation sites is 1. The lowest BCUT2D eigenvalue weighted by Gasteiger charge is -1.98. The molecule has 2 aromatic rings. The van der Waals surface area contributed by atoms with E-state index in [0.717, 1.165) is 11.2 Å². The summed E-state index contributed by atoms with van der Waals surface area (Å²) in [7, 11) is 0. The number of rotatable bonds is 2. The van der Waals surface area contributed by atoms with Gasteiger partial charge in [-0.3, -0.25) is 0 Å². The summed E-state index contributed by atoms with van der Waals surface area (Å²) in [6.07, 6.45) is 7.10. The Bertz CT molecular complexity index is 448. The molecule has 1 aromatic heterocycles. The van der Waals surface area contributed by atoms with Crippen molar-refractivity contribution >= 4 is 16.6 Å². The van der Waals surface area contributed by atoms with Crippen LogP contribution in [0.1, 0.15) is 0 Å². The fourth-order valence-corrected chi connectivity index (χ4v) is 1.36. The Morgan fingerprint density at radius 2 is 2.23 bits per heavy atom. The highest BCUT2D eigenvalue weighted by Crippen LogP contribution is 2.21. The van der Waals surface area contributed by atoms with Gasteiger partial charge in [0.1, 0.15) is 0 Å². The van der Waals surface area contributed by atoms with Crippen molar-refractivity contribution in [2.75, 3.05) is 11.9 Å². The van der Waals surface area contributed by atoms with E-state index in [4.69, 9.17) is 6.42 Å². The Balaban J connectivity index is 2.41. The highest BCUT2D eigenvalue weighted by Gasteiger charge is 1.99. The van der Waals surface area contributed by atoms with Gasteiger partial charge >= 0.3 is 0 Å². The molecule has 1 aromatic carbocycles. The lowest BCUT2D eigenvalue weighted by molar-refractivity contribution is 1.38. The van der Waals surface area contributed by atoms with Gasteiger partial charge in [-0.05, 0) is 6.07 Å². The molecule has 0 atom stereocenters. The van der Waals surface area contributed by atoms with Gasteiger partial charge in [-0.15, -0.1) is 6.42 Å². The number of hydrogen-bond donors (Lipinski definition) is 2. The number of H-pyrrole nitrogens is 1. The molecule has 2 nitrogen and oxygen atoms in total. The molecule has 0 fully saturated rings. The molecule has 0 saturated carbocycles. The van der Waals surface area contributed by atoms with Crippen molar-refractivity contribution in [2.45, 2.75) is 0 Å². The average Bonchev–Trinajstić information content (AvgIpc) is 2.58.